The van der Waals surface area contributed by atoms with E-state index in [1.54, 1.807) is 0 Å². The van der Waals surface area contributed by atoms with Gasteiger partial charge in [0.1, 0.15) is 17.6 Å². The van der Waals surface area contributed by atoms with Crippen LogP contribution in [0.3, 0.4) is 0 Å². The Labute approximate surface area is 175 Å². The first-order valence-corrected chi connectivity index (χ1v) is 10.3. The maximum Gasteiger partial charge on any atom is 0.241 e. The standard InChI is InChI=1S/C23H25N5O2/c1-15(2)14-28-22-10-9-18(12-19(22)21(13-24)27-28)30-17-7-5-16(6-8-17)26-23(29)20-4-3-11-25-20/h5-10,12,15,20,25H,3-4,11,14H2,1-2H3,(H,26,29)/t20-/m0/s1. The van der Waals surface area contributed by atoms with Crippen LogP contribution in [0.4, 0.5) is 5.69 Å². The molecule has 1 amide bonds. The lowest BCUT2D eigenvalue weighted by Gasteiger charge is -2.12. The van der Waals surface area contributed by atoms with Crippen molar-refractivity contribution in [3.8, 4) is 17.6 Å². The van der Waals surface area contributed by atoms with Crippen LogP contribution in [0.15, 0.2) is 42.5 Å². The molecule has 154 valence electrons. The highest BCUT2D eigenvalue weighted by atomic mass is 16.5. The van der Waals surface area contributed by atoms with Gasteiger partial charge in [-0.3, -0.25) is 9.48 Å². The zero-order valence-corrected chi connectivity index (χ0v) is 17.2. The van der Waals surface area contributed by atoms with E-state index in [0.29, 0.717) is 23.1 Å². The Kier molecular flexibility index (Phi) is 5.68. The lowest BCUT2D eigenvalue weighted by molar-refractivity contribution is -0.117. The maximum absolute atomic E-state index is 12.2. The quantitative estimate of drug-likeness (QED) is 0.648. The van der Waals surface area contributed by atoms with Gasteiger partial charge in [-0.1, -0.05) is 13.8 Å². The number of anilines is 1. The lowest BCUT2D eigenvalue weighted by Crippen LogP contribution is -2.35. The second-order valence-corrected chi connectivity index (χ2v) is 7.98. The van der Waals surface area contributed by atoms with Gasteiger partial charge in [0.2, 0.25) is 5.91 Å². The van der Waals surface area contributed by atoms with Crippen molar-refractivity contribution in [2.45, 2.75) is 39.3 Å². The largest absolute Gasteiger partial charge is 0.457 e. The molecular weight excluding hydrogens is 378 g/mol. The molecule has 4 rings (SSSR count). The number of carbonyl (C=O) groups is 1. The summed E-state index contributed by atoms with van der Waals surface area (Å²) in [6, 6.07) is 15.0. The van der Waals surface area contributed by atoms with Crippen molar-refractivity contribution in [2.75, 3.05) is 11.9 Å². The Hall–Kier alpha value is -3.37. The molecule has 0 unspecified atom stereocenters. The van der Waals surface area contributed by atoms with Crippen molar-refractivity contribution in [1.82, 2.24) is 15.1 Å². The van der Waals surface area contributed by atoms with Crippen molar-refractivity contribution in [3.05, 3.63) is 48.2 Å². The van der Waals surface area contributed by atoms with Gasteiger partial charge >= 0.3 is 0 Å². The minimum atomic E-state index is -0.112. The molecule has 0 radical (unpaired) electrons. The summed E-state index contributed by atoms with van der Waals surface area (Å²) in [7, 11) is 0. The van der Waals surface area contributed by atoms with Gasteiger partial charge in [-0.15, -0.1) is 0 Å². The number of rotatable bonds is 6. The molecule has 1 atom stereocenters. The van der Waals surface area contributed by atoms with Crippen LogP contribution in [-0.4, -0.2) is 28.3 Å². The molecule has 2 heterocycles. The van der Waals surface area contributed by atoms with E-state index in [9.17, 15) is 10.1 Å². The molecule has 30 heavy (non-hydrogen) atoms. The van der Waals surface area contributed by atoms with Crippen LogP contribution in [0.5, 0.6) is 11.5 Å². The number of ether oxygens (including phenoxy) is 1. The third kappa shape index (κ3) is 4.29. The van der Waals surface area contributed by atoms with E-state index >= 15 is 0 Å². The highest BCUT2D eigenvalue weighted by molar-refractivity contribution is 5.95. The normalized spacial score (nSPS) is 16.0. The van der Waals surface area contributed by atoms with E-state index in [1.807, 2.05) is 47.1 Å². The molecule has 2 N–H and O–H groups in total. The maximum atomic E-state index is 12.2. The molecule has 1 aliphatic rings. The summed E-state index contributed by atoms with van der Waals surface area (Å²) in [6.07, 6.45) is 1.90. The van der Waals surface area contributed by atoms with Crippen LogP contribution in [0.2, 0.25) is 0 Å². The smallest absolute Gasteiger partial charge is 0.241 e. The highest BCUT2D eigenvalue weighted by Gasteiger charge is 2.21. The summed E-state index contributed by atoms with van der Waals surface area (Å²) in [5, 5.41) is 20.8. The zero-order chi connectivity index (χ0) is 21.1. The van der Waals surface area contributed by atoms with E-state index in [0.717, 1.165) is 42.5 Å². The molecule has 1 saturated heterocycles. The van der Waals surface area contributed by atoms with Crippen molar-refractivity contribution >= 4 is 22.5 Å². The first-order chi connectivity index (χ1) is 14.5. The number of nitriles is 1. The topological polar surface area (TPSA) is 92.0 Å². The van der Waals surface area contributed by atoms with Crippen LogP contribution in [0.25, 0.3) is 10.9 Å². The molecule has 7 nitrogen and oxygen atoms in total. The number of benzene rings is 2. The molecule has 0 bridgehead atoms. The molecule has 2 aromatic carbocycles. The Morgan fingerprint density at radius 3 is 2.73 bits per heavy atom. The molecule has 0 aliphatic carbocycles. The van der Waals surface area contributed by atoms with Crippen LogP contribution in [0, 0.1) is 17.2 Å². The second kappa shape index (κ2) is 8.56. The van der Waals surface area contributed by atoms with Gasteiger partial charge in [0.05, 0.1) is 11.6 Å². The van der Waals surface area contributed by atoms with Crippen molar-refractivity contribution < 1.29 is 9.53 Å². The first-order valence-electron chi connectivity index (χ1n) is 10.3. The van der Waals surface area contributed by atoms with Gasteiger partial charge in [0, 0.05) is 17.6 Å². The number of hydrogen-bond acceptors (Lipinski definition) is 5. The number of nitrogens with zero attached hydrogens (tertiary/aromatic N) is 3. The van der Waals surface area contributed by atoms with Gasteiger partial charge in [-0.2, -0.15) is 10.4 Å². The van der Waals surface area contributed by atoms with Crippen molar-refractivity contribution in [1.29, 1.82) is 5.26 Å². The van der Waals surface area contributed by atoms with Crippen LogP contribution < -0.4 is 15.4 Å². The monoisotopic (exact) mass is 403 g/mol. The minimum absolute atomic E-state index is 0.00550. The fraction of sp³-hybridized carbons (Fsp3) is 0.348. The van der Waals surface area contributed by atoms with Crippen molar-refractivity contribution in [3.63, 3.8) is 0 Å². The number of hydrogen-bond donors (Lipinski definition) is 2. The van der Waals surface area contributed by atoms with Gasteiger partial charge < -0.3 is 15.4 Å². The van der Waals surface area contributed by atoms with E-state index in [2.05, 4.69) is 35.6 Å². The molecule has 3 aromatic rings. The van der Waals surface area contributed by atoms with E-state index in [1.165, 1.54) is 0 Å². The average Bonchev–Trinajstić information content (AvgIpc) is 3.38. The molecular formula is C23H25N5O2. The summed E-state index contributed by atoms with van der Waals surface area (Å²) < 4.78 is 7.84. The molecule has 0 saturated carbocycles. The second-order valence-electron chi connectivity index (χ2n) is 7.98. The van der Waals surface area contributed by atoms with Gasteiger partial charge in [-0.25, -0.2) is 0 Å². The third-order valence-corrected chi connectivity index (χ3v) is 5.10. The number of carbonyl (C=O) groups excluding carboxylic acids is 1. The van der Waals surface area contributed by atoms with Crippen molar-refractivity contribution in [2.24, 2.45) is 5.92 Å². The molecule has 1 aromatic heterocycles. The Balaban J connectivity index is 1.48. The summed E-state index contributed by atoms with van der Waals surface area (Å²) >= 11 is 0. The summed E-state index contributed by atoms with van der Waals surface area (Å²) in [6.45, 7) is 5.88. The van der Waals surface area contributed by atoms with E-state index in [-0.39, 0.29) is 11.9 Å². The van der Waals surface area contributed by atoms with Crippen LogP contribution in [-0.2, 0) is 11.3 Å². The summed E-state index contributed by atoms with van der Waals surface area (Å²) in [4.78, 5) is 12.2. The van der Waals surface area contributed by atoms with Gasteiger partial charge in [0.15, 0.2) is 5.69 Å². The predicted octanol–water partition coefficient (Wildman–Crippen LogP) is 4.05. The SMILES string of the molecule is CC(C)Cn1nc(C#N)c2cc(Oc3ccc(NC(=O)[C@@H]4CCCN4)cc3)ccc21. The first kappa shape index (κ1) is 19.9. The van der Waals surface area contributed by atoms with E-state index < -0.39 is 0 Å². The number of aromatic nitrogens is 2. The zero-order valence-electron chi connectivity index (χ0n) is 17.2. The van der Waals surface area contributed by atoms with Gasteiger partial charge in [0.25, 0.3) is 0 Å². The molecule has 1 fully saturated rings. The predicted molar refractivity (Wildman–Crippen MR) is 115 cm³/mol. The Morgan fingerprint density at radius 2 is 2.07 bits per heavy atom. The Bertz CT molecular complexity index is 1090. The molecule has 1 aliphatic heterocycles. The summed E-state index contributed by atoms with van der Waals surface area (Å²) in [5.74, 6) is 1.71. The number of amides is 1. The summed E-state index contributed by atoms with van der Waals surface area (Å²) in [5.41, 5.74) is 2.05. The van der Waals surface area contributed by atoms with E-state index in [4.69, 9.17) is 4.74 Å². The van der Waals surface area contributed by atoms with Crippen LogP contribution >= 0.6 is 0 Å². The fourth-order valence-corrected chi connectivity index (χ4v) is 3.67. The average molecular weight is 403 g/mol. The molecule has 0 spiro atoms. The Morgan fingerprint density at radius 1 is 1.30 bits per heavy atom. The number of fused-ring (bicyclic) bond motifs is 1. The highest BCUT2D eigenvalue weighted by Crippen LogP contribution is 2.28. The lowest BCUT2D eigenvalue weighted by atomic mass is 10.2. The fourth-order valence-electron chi connectivity index (χ4n) is 3.67. The minimum Gasteiger partial charge on any atom is -0.457 e. The third-order valence-electron chi connectivity index (χ3n) is 5.10. The van der Waals surface area contributed by atoms with Crippen LogP contribution in [0.1, 0.15) is 32.4 Å². The molecule has 7 heteroatoms. The van der Waals surface area contributed by atoms with Gasteiger partial charge in [-0.05, 0) is 67.8 Å². The number of nitrogens with one attached hydrogen (secondary N) is 2.